The number of nitrogens with one attached hydrogen (secondary N) is 3. The molecular weight excluding hydrogens is 513 g/mol. The number of anilines is 1. The molecule has 10 nitrogen and oxygen atoms in total. The SMILES string of the molecule is O=C(Nc1ccc(C[C@H](NC(=O)[C@@H]2OCO[C@H]2C(=O)NC2CC2)C(=O)O)cc1)c1c(Cl)cccc1Cl. The van der Waals surface area contributed by atoms with E-state index in [1.54, 1.807) is 42.5 Å². The minimum absolute atomic E-state index is 0.0435. The van der Waals surface area contributed by atoms with Gasteiger partial charge in [-0.15, -0.1) is 0 Å². The third kappa shape index (κ3) is 6.33. The number of rotatable bonds is 9. The van der Waals surface area contributed by atoms with Crippen LogP contribution in [0.15, 0.2) is 42.5 Å². The molecule has 0 spiro atoms. The molecule has 2 aromatic rings. The van der Waals surface area contributed by atoms with E-state index in [-0.39, 0.29) is 34.9 Å². The first-order chi connectivity index (χ1) is 17.2. The quantitative estimate of drug-likeness (QED) is 0.386. The normalized spacial score (nSPS) is 19.8. The van der Waals surface area contributed by atoms with E-state index in [1.165, 1.54) is 0 Å². The van der Waals surface area contributed by atoms with Gasteiger partial charge in [-0.05, 0) is 42.7 Å². The van der Waals surface area contributed by atoms with Crippen LogP contribution in [0.25, 0.3) is 0 Å². The average molecular weight is 536 g/mol. The molecule has 3 atom stereocenters. The van der Waals surface area contributed by atoms with Gasteiger partial charge in [-0.1, -0.05) is 41.4 Å². The molecular formula is C24H23Cl2N3O7. The lowest BCUT2D eigenvalue weighted by Crippen LogP contribution is -2.52. The van der Waals surface area contributed by atoms with Crippen molar-refractivity contribution < 1.29 is 33.8 Å². The van der Waals surface area contributed by atoms with Crippen LogP contribution in [0.2, 0.25) is 10.0 Å². The van der Waals surface area contributed by atoms with Crippen LogP contribution >= 0.6 is 23.2 Å². The predicted octanol–water partition coefficient (Wildman–Crippen LogP) is 2.38. The van der Waals surface area contributed by atoms with Crippen molar-refractivity contribution in [2.75, 3.05) is 12.1 Å². The van der Waals surface area contributed by atoms with Crippen LogP contribution in [0.3, 0.4) is 0 Å². The number of carboxylic acids is 1. The maximum Gasteiger partial charge on any atom is 0.326 e. The zero-order chi connectivity index (χ0) is 25.8. The summed E-state index contributed by atoms with van der Waals surface area (Å²) in [6, 6.07) is 9.94. The first-order valence-electron chi connectivity index (χ1n) is 11.1. The Hall–Kier alpha value is -3.18. The fraction of sp³-hybridized carbons (Fsp3) is 0.333. The van der Waals surface area contributed by atoms with Crippen molar-refractivity contribution in [2.45, 2.75) is 43.6 Å². The summed E-state index contributed by atoms with van der Waals surface area (Å²) >= 11 is 12.1. The van der Waals surface area contributed by atoms with E-state index < -0.39 is 41.9 Å². The fourth-order valence-corrected chi connectivity index (χ4v) is 4.19. The molecule has 2 aromatic carbocycles. The predicted molar refractivity (Wildman–Crippen MR) is 130 cm³/mol. The van der Waals surface area contributed by atoms with Gasteiger partial charge in [0.25, 0.3) is 17.7 Å². The number of halogens is 2. The Bertz CT molecular complexity index is 1150. The Kier molecular flexibility index (Phi) is 8.10. The molecule has 2 aliphatic rings. The molecule has 36 heavy (non-hydrogen) atoms. The number of hydrogen-bond acceptors (Lipinski definition) is 6. The Morgan fingerprint density at radius 1 is 0.944 bits per heavy atom. The van der Waals surface area contributed by atoms with E-state index in [0.29, 0.717) is 11.3 Å². The van der Waals surface area contributed by atoms with E-state index >= 15 is 0 Å². The van der Waals surface area contributed by atoms with Crippen molar-refractivity contribution in [2.24, 2.45) is 0 Å². The summed E-state index contributed by atoms with van der Waals surface area (Å²) in [5, 5.41) is 17.9. The Labute approximate surface area is 216 Å². The second kappa shape index (κ2) is 11.3. The molecule has 1 heterocycles. The van der Waals surface area contributed by atoms with Gasteiger partial charge in [0.05, 0.1) is 15.6 Å². The van der Waals surface area contributed by atoms with Gasteiger partial charge >= 0.3 is 5.97 Å². The molecule has 12 heteroatoms. The van der Waals surface area contributed by atoms with E-state index in [2.05, 4.69) is 16.0 Å². The van der Waals surface area contributed by atoms with Crippen LogP contribution in [0.5, 0.6) is 0 Å². The summed E-state index contributed by atoms with van der Waals surface area (Å²) in [7, 11) is 0. The van der Waals surface area contributed by atoms with Crippen molar-refractivity contribution in [3.05, 3.63) is 63.6 Å². The first-order valence-corrected chi connectivity index (χ1v) is 11.9. The van der Waals surface area contributed by atoms with E-state index in [0.717, 1.165) is 12.8 Å². The van der Waals surface area contributed by atoms with Gasteiger partial charge in [0, 0.05) is 18.2 Å². The monoisotopic (exact) mass is 535 g/mol. The highest BCUT2D eigenvalue weighted by Gasteiger charge is 2.42. The van der Waals surface area contributed by atoms with Crippen molar-refractivity contribution in [3.63, 3.8) is 0 Å². The highest BCUT2D eigenvalue weighted by Crippen LogP contribution is 2.25. The smallest absolute Gasteiger partial charge is 0.326 e. The molecule has 1 aliphatic heterocycles. The third-order valence-corrected chi connectivity index (χ3v) is 6.30. The maximum atomic E-state index is 12.7. The van der Waals surface area contributed by atoms with Crippen molar-refractivity contribution in [1.82, 2.24) is 10.6 Å². The molecule has 1 saturated carbocycles. The average Bonchev–Trinajstić information content (AvgIpc) is 3.50. The standard InChI is InChI=1S/C24H23Cl2N3O7/c25-15-2-1-3-16(26)18(15)21(30)27-13-6-4-12(5-7-13)10-17(24(33)34)29-23(32)20-19(35-11-36-20)22(31)28-14-8-9-14/h1-7,14,17,19-20H,8-11H2,(H,27,30)(H,28,31)(H,29,32)(H,33,34)/t17-,19+,20+/m0/s1. The third-order valence-electron chi connectivity index (χ3n) is 5.67. The zero-order valence-electron chi connectivity index (χ0n) is 18.8. The molecule has 0 radical (unpaired) electrons. The van der Waals surface area contributed by atoms with Gasteiger partial charge in [0.15, 0.2) is 12.2 Å². The van der Waals surface area contributed by atoms with E-state index in [1.807, 2.05) is 0 Å². The molecule has 0 aromatic heterocycles. The topological polar surface area (TPSA) is 143 Å². The molecule has 0 unspecified atom stereocenters. The summed E-state index contributed by atoms with van der Waals surface area (Å²) < 4.78 is 10.5. The van der Waals surface area contributed by atoms with Gasteiger partial charge in [-0.2, -0.15) is 0 Å². The number of benzene rings is 2. The lowest BCUT2D eigenvalue weighted by atomic mass is 10.0. The van der Waals surface area contributed by atoms with Gasteiger partial charge in [-0.3, -0.25) is 14.4 Å². The van der Waals surface area contributed by atoms with Crippen molar-refractivity contribution in [1.29, 1.82) is 0 Å². The number of carbonyl (C=O) groups excluding carboxylic acids is 3. The highest BCUT2D eigenvalue weighted by atomic mass is 35.5. The number of amides is 3. The molecule has 1 saturated heterocycles. The van der Waals surface area contributed by atoms with Crippen LogP contribution in [0.1, 0.15) is 28.8 Å². The second-order valence-corrected chi connectivity index (χ2v) is 9.24. The summed E-state index contributed by atoms with van der Waals surface area (Å²) in [4.78, 5) is 49.3. The van der Waals surface area contributed by atoms with Crippen LogP contribution in [0, 0.1) is 0 Å². The molecule has 4 N–H and O–H groups in total. The number of hydrogen-bond donors (Lipinski definition) is 4. The van der Waals surface area contributed by atoms with E-state index in [9.17, 15) is 24.3 Å². The zero-order valence-corrected chi connectivity index (χ0v) is 20.3. The number of aliphatic carboxylic acids is 1. The van der Waals surface area contributed by atoms with Crippen molar-refractivity contribution in [3.8, 4) is 0 Å². The molecule has 2 fully saturated rings. The summed E-state index contributed by atoms with van der Waals surface area (Å²) in [5.74, 6) is -2.96. The Balaban J connectivity index is 1.36. The van der Waals surface area contributed by atoms with Crippen molar-refractivity contribution >= 4 is 52.6 Å². The summed E-state index contributed by atoms with van der Waals surface area (Å²) in [5.41, 5.74) is 1.17. The van der Waals surface area contributed by atoms with Crippen LogP contribution in [-0.4, -0.2) is 59.9 Å². The Morgan fingerprint density at radius 2 is 1.56 bits per heavy atom. The summed E-state index contributed by atoms with van der Waals surface area (Å²) in [6.45, 7) is -0.245. The highest BCUT2D eigenvalue weighted by molar-refractivity contribution is 6.40. The minimum Gasteiger partial charge on any atom is -0.480 e. The van der Waals surface area contributed by atoms with Gasteiger partial charge in [0.1, 0.15) is 12.8 Å². The second-order valence-electron chi connectivity index (χ2n) is 8.43. The van der Waals surface area contributed by atoms with Crippen LogP contribution in [-0.2, 0) is 30.3 Å². The largest absolute Gasteiger partial charge is 0.480 e. The Morgan fingerprint density at radius 3 is 2.14 bits per heavy atom. The fourth-order valence-electron chi connectivity index (χ4n) is 3.62. The minimum atomic E-state index is -1.28. The lowest BCUT2D eigenvalue weighted by molar-refractivity contribution is -0.144. The lowest BCUT2D eigenvalue weighted by Gasteiger charge is -2.20. The number of ether oxygens (including phenoxy) is 2. The maximum absolute atomic E-state index is 12.7. The molecule has 3 amide bonds. The van der Waals surface area contributed by atoms with Gasteiger partial charge in [-0.25, -0.2) is 4.79 Å². The molecule has 0 bridgehead atoms. The van der Waals surface area contributed by atoms with E-state index in [4.69, 9.17) is 32.7 Å². The van der Waals surface area contributed by atoms with Gasteiger partial charge in [0.2, 0.25) is 0 Å². The molecule has 190 valence electrons. The van der Waals surface area contributed by atoms with Gasteiger partial charge < -0.3 is 30.5 Å². The number of carbonyl (C=O) groups is 4. The molecule has 1 aliphatic carbocycles. The molecule has 4 rings (SSSR count). The van der Waals surface area contributed by atoms with Crippen LogP contribution in [0.4, 0.5) is 5.69 Å². The number of carboxylic acid groups (broad SMARTS) is 1. The summed E-state index contributed by atoms with van der Waals surface area (Å²) in [6.07, 6.45) is -0.701. The van der Waals surface area contributed by atoms with Crippen LogP contribution < -0.4 is 16.0 Å². The first kappa shape index (κ1) is 25.9.